The number of aromatic nitrogens is 2. The summed E-state index contributed by atoms with van der Waals surface area (Å²) in [6, 6.07) is 7.19. The number of hydrogen-bond donors (Lipinski definition) is 0. The maximum absolute atomic E-state index is 11.6. The average molecular weight is 280 g/mol. The highest BCUT2D eigenvalue weighted by atomic mass is 32.2. The van der Waals surface area contributed by atoms with Gasteiger partial charge in [-0.3, -0.25) is 0 Å². The van der Waals surface area contributed by atoms with Crippen molar-refractivity contribution in [2.75, 3.05) is 6.26 Å². The minimum Gasteiger partial charge on any atom is -0.491 e. The first-order valence-corrected chi connectivity index (χ1v) is 7.74. The van der Waals surface area contributed by atoms with Crippen LogP contribution in [0.2, 0.25) is 0 Å². The molecule has 0 bridgehead atoms. The van der Waals surface area contributed by atoms with Gasteiger partial charge in [0.05, 0.1) is 12.4 Å². The van der Waals surface area contributed by atoms with Gasteiger partial charge in [0.1, 0.15) is 5.75 Å². The summed E-state index contributed by atoms with van der Waals surface area (Å²) in [5.74, 6) is 1.15. The van der Waals surface area contributed by atoms with Crippen LogP contribution in [0.5, 0.6) is 5.75 Å². The molecule has 1 aromatic heterocycles. The van der Waals surface area contributed by atoms with E-state index >= 15 is 0 Å². The Balaban J connectivity index is 2.36. The molecule has 2 rings (SSSR count). The molecule has 102 valence electrons. The van der Waals surface area contributed by atoms with Crippen LogP contribution in [0.15, 0.2) is 36.7 Å². The summed E-state index contributed by atoms with van der Waals surface area (Å²) in [6.07, 6.45) is 4.15. The summed E-state index contributed by atoms with van der Waals surface area (Å²) < 4.78 is 29.9. The Hall–Kier alpha value is -1.82. The van der Waals surface area contributed by atoms with Crippen LogP contribution in [0, 0.1) is 0 Å². The number of hydrogen-bond acceptors (Lipinski definition) is 4. The zero-order valence-corrected chi connectivity index (χ0v) is 11.9. The normalized spacial score (nSPS) is 11.8. The van der Waals surface area contributed by atoms with Gasteiger partial charge in [0.25, 0.3) is 0 Å². The Labute approximate surface area is 112 Å². The fourth-order valence-corrected chi connectivity index (χ4v) is 2.46. The van der Waals surface area contributed by atoms with E-state index in [1.165, 1.54) is 12.4 Å². The zero-order chi connectivity index (χ0) is 14.0. The molecule has 0 amide bonds. The fourth-order valence-electron chi connectivity index (χ4n) is 1.72. The van der Waals surface area contributed by atoms with Crippen molar-refractivity contribution >= 4 is 10.0 Å². The maximum Gasteiger partial charge on any atom is 0.237 e. The number of ether oxygens (including phenoxy) is 1. The molecule has 0 N–H and O–H groups in total. The molecule has 19 heavy (non-hydrogen) atoms. The molecule has 1 aromatic carbocycles. The van der Waals surface area contributed by atoms with Crippen molar-refractivity contribution in [2.45, 2.75) is 20.0 Å². The van der Waals surface area contributed by atoms with E-state index in [-0.39, 0.29) is 6.10 Å². The van der Waals surface area contributed by atoms with Crippen LogP contribution >= 0.6 is 0 Å². The summed E-state index contributed by atoms with van der Waals surface area (Å²) in [5, 5.41) is 0. The lowest BCUT2D eigenvalue weighted by Crippen LogP contribution is -2.10. The maximum atomic E-state index is 11.6. The van der Waals surface area contributed by atoms with Crippen molar-refractivity contribution in [3.8, 4) is 17.1 Å². The largest absolute Gasteiger partial charge is 0.491 e. The van der Waals surface area contributed by atoms with Gasteiger partial charge in [-0.2, -0.15) is 0 Å². The molecule has 0 aliphatic carbocycles. The number of imidazole rings is 1. The lowest BCUT2D eigenvalue weighted by molar-refractivity contribution is 0.242. The third kappa shape index (κ3) is 3.14. The van der Waals surface area contributed by atoms with Gasteiger partial charge in [-0.1, -0.05) is 0 Å². The Morgan fingerprint density at radius 2 is 1.84 bits per heavy atom. The van der Waals surface area contributed by atoms with Gasteiger partial charge in [0.15, 0.2) is 5.82 Å². The smallest absolute Gasteiger partial charge is 0.237 e. The van der Waals surface area contributed by atoms with Crippen LogP contribution in [0.1, 0.15) is 13.8 Å². The van der Waals surface area contributed by atoms with E-state index in [9.17, 15) is 8.42 Å². The van der Waals surface area contributed by atoms with Crippen LogP contribution < -0.4 is 4.74 Å². The highest BCUT2D eigenvalue weighted by molar-refractivity contribution is 7.89. The Kier molecular flexibility index (Phi) is 3.61. The lowest BCUT2D eigenvalue weighted by atomic mass is 10.2. The fraction of sp³-hybridized carbons (Fsp3) is 0.308. The van der Waals surface area contributed by atoms with Crippen LogP contribution in [0.4, 0.5) is 0 Å². The van der Waals surface area contributed by atoms with Gasteiger partial charge in [-0.15, -0.1) is 0 Å². The first kappa shape index (κ1) is 13.6. The minimum absolute atomic E-state index is 0.101. The molecule has 0 radical (unpaired) electrons. The Bertz CT molecular complexity index is 657. The molecular formula is C13H16N2O3S. The molecule has 0 unspecified atom stereocenters. The van der Waals surface area contributed by atoms with Crippen molar-refractivity contribution in [3.63, 3.8) is 0 Å². The van der Waals surface area contributed by atoms with Gasteiger partial charge in [-0.05, 0) is 38.1 Å². The summed E-state index contributed by atoms with van der Waals surface area (Å²) >= 11 is 0. The van der Waals surface area contributed by atoms with Gasteiger partial charge in [0.2, 0.25) is 10.0 Å². The molecule has 0 aliphatic rings. The summed E-state index contributed by atoms with van der Waals surface area (Å²) in [5.41, 5.74) is 0.728. The van der Waals surface area contributed by atoms with Crippen molar-refractivity contribution in [2.24, 2.45) is 0 Å². The summed E-state index contributed by atoms with van der Waals surface area (Å²) in [6.45, 7) is 3.90. The van der Waals surface area contributed by atoms with E-state index in [1.807, 2.05) is 13.8 Å². The first-order chi connectivity index (χ1) is 8.88. The van der Waals surface area contributed by atoms with Crippen LogP contribution in [-0.2, 0) is 10.0 Å². The van der Waals surface area contributed by atoms with Gasteiger partial charge >= 0.3 is 0 Å². The van der Waals surface area contributed by atoms with Gasteiger partial charge in [-0.25, -0.2) is 17.4 Å². The van der Waals surface area contributed by atoms with Crippen LogP contribution in [0.25, 0.3) is 11.4 Å². The van der Waals surface area contributed by atoms with Crippen molar-refractivity contribution in [1.82, 2.24) is 8.96 Å². The van der Waals surface area contributed by atoms with Crippen molar-refractivity contribution in [3.05, 3.63) is 36.7 Å². The standard InChI is InChI=1S/C13H16N2O3S/c1-10(2)18-12-6-4-11(5-7-12)13-14-8-9-15(13)19(3,16)17/h4-10H,1-3H3. The molecule has 1 heterocycles. The number of rotatable bonds is 4. The monoisotopic (exact) mass is 280 g/mol. The lowest BCUT2D eigenvalue weighted by Gasteiger charge is -2.10. The predicted molar refractivity (Wildman–Crippen MR) is 73.7 cm³/mol. The molecular weight excluding hydrogens is 264 g/mol. The second kappa shape index (κ2) is 5.05. The van der Waals surface area contributed by atoms with E-state index in [4.69, 9.17) is 4.74 Å². The molecule has 0 spiro atoms. The third-order valence-electron chi connectivity index (χ3n) is 2.45. The van der Waals surface area contributed by atoms with E-state index in [2.05, 4.69) is 4.98 Å². The van der Waals surface area contributed by atoms with Gasteiger partial charge in [0, 0.05) is 18.0 Å². The summed E-state index contributed by atoms with van der Waals surface area (Å²) in [4.78, 5) is 4.09. The van der Waals surface area contributed by atoms with E-state index in [0.717, 1.165) is 21.5 Å². The Morgan fingerprint density at radius 1 is 1.21 bits per heavy atom. The van der Waals surface area contributed by atoms with Crippen molar-refractivity contribution < 1.29 is 13.2 Å². The molecule has 0 fully saturated rings. The first-order valence-electron chi connectivity index (χ1n) is 5.89. The highest BCUT2D eigenvalue weighted by Crippen LogP contribution is 2.22. The van der Waals surface area contributed by atoms with E-state index in [0.29, 0.717) is 5.82 Å². The molecule has 0 aliphatic heterocycles. The summed E-state index contributed by atoms with van der Waals surface area (Å²) in [7, 11) is -3.34. The number of benzene rings is 1. The van der Waals surface area contributed by atoms with E-state index in [1.54, 1.807) is 24.3 Å². The Morgan fingerprint density at radius 3 is 2.37 bits per heavy atom. The highest BCUT2D eigenvalue weighted by Gasteiger charge is 2.13. The molecule has 6 heteroatoms. The third-order valence-corrected chi connectivity index (χ3v) is 3.46. The molecule has 0 atom stereocenters. The van der Waals surface area contributed by atoms with E-state index < -0.39 is 10.0 Å². The average Bonchev–Trinajstić information content (AvgIpc) is 2.77. The minimum atomic E-state index is -3.34. The predicted octanol–water partition coefficient (Wildman–Crippen LogP) is 2.15. The second-order valence-corrected chi connectivity index (χ2v) is 6.36. The van der Waals surface area contributed by atoms with Gasteiger partial charge < -0.3 is 4.74 Å². The molecule has 0 saturated heterocycles. The van der Waals surface area contributed by atoms with Crippen LogP contribution in [-0.4, -0.2) is 29.7 Å². The molecule has 0 saturated carbocycles. The topological polar surface area (TPSA) is 61.2 Å². The van der Waals surface area contributed by atoms with Crippen LogP contribution in [0.3, 0.4) is 0 Å². The molecule has 2 aromatic rings. The quantitative estimate of drug-likeness (QED) is 0.861. The molecule has 5 nitrogen and oxygen atoms in total. The second-order valence-electron chi connectivity index (χ2n) is 4.50. The number of nitrogens with zero attached hydrogens (tertiary/aromatic N) is 2. The SMILES string of the molecule is CC(C)Oc1ccc(-c2nccn2S(C)(=O)=O)cc1. The van der Waals surface area contributed by atoms with Crippen molar-refractivity contribution in [1.29, 1.82) is 0 Å². The zero-order valence-electron chi connectivity index (χ0n) is 11.1.